The maximum absolute atomic E-state index is 11.4. The van der Waals surface area contributed by atoms with Gasteiger partial charge in [0, 0.05) is 12.2 Å². The third-order valence-corrected chi connectivity index (χ3v) is 5.83. The van der Waals surface area contributed by atoms with E-state index in [1.54, 1.807) is 0 Å². The van der Waals surface area contributed by atoms with Gasteiger partial charge in [-0.1, -0.05) is 15.9 Å². The highest BCUT2D eigenvalue weighted by atomic mass is 79.9. The van der Waals surface area contributed by atoms with Crippen LogP contribution < -0.4 is 0 Å². The molecule has 0 aromatic rings. The van der Waals surface area contributed by atoms with Crippen LogP contribution in [0.25, 0.3) is 0 Å². The molecule has 0 saturated heterocycles. The first kappa shape index (κ1) is 10.2. The summed E-state index contributed by atoms with van der Waals surface area (Å²) >= 11 is 2.97. The molecule has 0 bridgehead atoms. The van der Waals surface area contributed by atoms with Crippen LogP contribution in [0.1, 0.15) is 19.8 Å². The Hall–Kier alpha value is 0.1000. The molecule has 1 aliphatic rings. The Morgan fingerprint density at radius 1 is 1.50 bits per heavy atom. The summed E-state index contributed by atoms with van der Waals surface area (Å²) in [6, 6.07) is 0. The van der Waals surface area contributed by atoms with Crippen molar-refractivity contribution in [1.29, 1.82) is 0 Å². The number of sulfone groups is 1. The van der Waals surface area contributed by atoms with E-state index in [0.29, 0.717) is 0 Å². The van der Waals surface area contributed by atoms with Crippen molar-refractivity contribution < 1.29 is 13.2 Å². The van der Waals surface area contributed by atoms with Crippen molar-refractivity contribution in [3.63, 3.8) is 0 Å². The lowest BCUT2D eigenvalue weighted by atomic mass is 10.2. The third kappa shape index (κ3) is 1.71. The van der Waals surface area contributed by atoms with Crippen LogP contribution in [0.15, 0.2) is 0 Å². The van der Waals surface area contributed by atoms with Gasteiger partial charge in [0.25, 0.3) is 0 Å². The lowest BCUT2D eigenvalue weighted by Crippen LogP contribution is -2.37. The zero-order chi connectivity index (χ0) is 9.57. The van der Waals surface area contributed by atoms with Crippen LogP contribution >= 0.6 is 15.9 Å². The van der Waals surface area contributed by atoms with Crippen LogP contribution in [-0.4, -0.2) is 24.1 Å². The van der Waals surface area contributed by atoms with Crippen molar-refractivity contribution in [3.8, 4) is 0 Å². The van der Waals surface area contributed by atoms with Gasteiger partial charge in [0.1, 0.15) is 0 Å². The lowest BCUT2D eigenvalue weighted by Gasteiger charge is -2.18. The molecule has 1 rings (SSSR count). The second-order valence-corrected chi connectivity index (χ2v) is 7.80. The molecule has 0 unspecified atom stereocenters. The lowest BCUT2D eigenvalue weighted by molar-refractivity contribution is -0.120. The van der Waals surface area contributed by atoms with Crippen molar-refractivity contribution in [1.82, 2.24) is 0 Å². The Labute approximate surface area is 80.6 Å². The monoisotopic (exact) mass is 254 g/mol. The fourth-order valence-corrected chi connectivity index (χ4v) is 1.75. The summed E-state index contributed by atoms with van der Waals surface area (Å²) in [5, 5.41) is 0. The zero-order valence-corrected chi connectivity index (χ0v) is 9.41. The summed E-state index contributed by atoms with van der Waals surface area (Å²) in [6.45, 7) is 1.41. The minimum Gasteiger partial charge on any atom is -0.297 e. The summed E-state index contributed by atoms with van der Waals surface area (Å²) in [5.74, 6) is -0.242. The van der Waals surface area contributed by atoms with Gasteiger partial charge in [-0.25, -0.2) is 8.42 Å². The zero-order valence-electron chi connectivity index (χ0n) is 7.00. The predicted molar refractivity (Wildman–Crippen MR) is 49.9 cm³/mol. The Kier molecular flexibility index (Phi) is 2.38. The van der Waals surface area contributed by atoms with Crippen LogP contribution in [0.4, 0.5) is 0 Å². The highest BCUT2D eigenvalue weighted by molar-refractivity contribution is 9.12. The molecule has 1 atom stereocenters. The van der Waals surface area contributed by atoms with Crippen molar-refractivity contribution in [2.75, 3.05) is 6.26 Å². The fourth-order valence-electron chi connectivity index (χ4n) is 0.893. The normalized spacial score (nSPS) is 23.2. The summed E-state index contributed by atoms with van der Waals surface area (Å²) in [4.78, 5) is 11.4. The van der Waals surface area contributed by atoms with Gasteiger partial charge in [0.05, 0.1) is 0 Å². The Morgan fingerprint density at radius 3 is 2.17 bits per heavy atom. The van der Waals surface area contributed by atoms with E-state index in [-0.39, 0.29) is 11.7 Å². The van der Waals surface area contributed by atoms with E-state index in [1.165, 1.54) is 6.92 Å². The molecule has 0 radical (unpaired) electrons. The molecule has 0 aliphatic heterocycles. The molecule has 0 aromatic carbocycles. The van der Waals surface area contributed by atoms with Gasteiger partial charge in [-0.15, -0.1) is 0 Å². The van der Waals surface area contributed by atoms with E-state index in [1.807, 2.05) is 0 Å². The standard InChI is InChI=1S/C7H11BrO3S/c1-7(8,12(2,10)11)6(9)5-3-4-5/h5H,3-4H2,1-2H3/t7-/m0/s1. The molecular weight excluding hydrogens is 244 g/mol. The van der Waals surface area contributed by atoms with Crippen LogP contribution in [0, 0.1) is 5.92 Å². The van der Waals surface area contributed by atoms with Gasteiger partial charge in [-0.2, -0.15) is 0 Å². The largest absolute Gasteiger partial charge is 0.297 e. The molecule has 1 fully saturated rings. The summed E-state index contributed by atoms with van der Waals surface area (Å²) < 4.78 is 20.9. The molecule has 70 valence electrons. The van der Waals surface area contributed by atoms with E-state index in [2.05, 4.69) is 15.9 Å². The van der Waals surface area contributed by atoms with Crippen LogP contribution in [-0.2, 0) is 14.6 Å². The highest BCUT2D eigenvalue weighted by Gasteiger charge is 2.47. The van der Waals surface area contributed by atoms with Gasteiger partial charge in [-0.05, 0) is 19.8 Å². The van der Waals surface area contributed by atoms with Crippen molar-refractivity contribution >= 4 is 31.6 Å². The first-order valence-electron chi connectivity index (χ1n) is 3.69. The van der Waals surface area contributed by atoms with E-state index in [4.69, 9.17) is 0 Å². The number of hydrogen-bond acceptors (Lipinski definition) is 3. The van der Waals surface area contributed by atoms with Gasteiger partial charge in [0.2, 0.25) is 0 Å². The second-order valence-electron chi connectivity index (χ2n) is 3.33. The van der Waals surface area contributed by atoms with Crippen molar-refractivity contribution in [2.24, 2.45) is 5.92 Å². The summed E-state index contributed by atoms with van der Waals surface area (Å²) in [7, 11) is -3.34. The predicted octanol–water partition coefficient (Wildman–Crippen LogP) is 1.12. The van der Waals surface area contributed by atoms with Gasteiger partial charge in [-0.3, -0.25) is 4.79 Å². The Bertz CT molecular complexity index is 301. The first-order chi connectivity index (χ1) is 5.27. The van der Waals surface area contributed by atoms with Crippen LogP contribution in [0.5, 0.6) is 0 Å². The molecule has 0 heterocycles. The van der Waals surface area contributed by atoms with Crippen molar-refractivity contribution in [3.05, 3.63) is 0 Å². The smallest absolute Gasteiger partial charge is 0.182 e. The Morgan fingerprint density at radius 2 is 1.92 bits per heavy atom. The molecule has 0 amide bonds. The Balaban J connectivity index is 2.91. The number of halogens is 1. The SMILES string of the molecule is C[C@@](Br)(C(=O)C1CC1)S(C)(=O)=O. The molecule has 0 aromatic heterocycles. The van der Waals surface area contributed by atoms with E-state index in [0.717, 1.165) is 19.1 Å². The van der Waals surface area contributed by atoms with Gasteiger partial charge < -0.3 is 0 Å². The molecule has 1 aliphatic carbocycles. The average Bonchev–Trinajstić information content (AvgIpc) is 2.64. The maximum Gasteiger partial charge on any atom is 0.182 e. The topological polar surface area (TPSA) is 51.2 Å². The summed E-state index contributed by atoms with van der Waals surface area (Å²) in [6.07, 6.45) is 2.73. The number of Topliss-reactive ketones (excluding diaryl/α,β-unsaturated/α-hetero) is 1. The minimum atomic E-state index is -3.34. The van der Waals surface area contributed by atoms with E-state index < -0.39 is 13.5 Å². The first-order valence-corrected chi connectivity index (χ1v) is 6.38. The average molecular weight is 255 g/mol. The number of carbonyl (C=O) groups is 1. The van der Waals surface area contributed by atoms with E-state index >= 15 is 0 Å². The number of hydrogen-bond donors (Lipinski definition) is 0. The van der Waals surface area contributed by atoms with Crippen LogP contribution in [0.3, 0.4) is 0 Å². The van der Waals surface area contributed by atoms with Crippen LogP contribution in [0.2, 0.25) is 0 Å². The quantitative estimate of drug-likeness (QED) is 0.710. The minimum absolute atomic E-state index is 0.0379. The summed E-state index contributed by atoms with van der Waals surface area (Å²) in [5.41, 5.74) is 0. The number of ketones is 1. The molecule has 12 heavy (non-hydrogen) atoms. The van der Waals surface area contributed by atoms with Gasteiger partial charge >= 0.3 is 0 Å². The molecule has 5 heteroatoms. The molecule has 1 saturated carbocycles. The third-order valence-electron chi connectivity index (χ3n) is 2.08. The van der Waals surface area contributed by atoms with Crippen molar-refractivity contribution in [2.45, 2.75) is 23.4 Å². The fraction of sp³-hybridized carbons (Fsp3) is 0.857. The number of rotatable bonds is 3. The van der Waals surface area contributed by atoms with Gasteiger partial charge in [0.15, 0.2) is 19.3 Å². The number of carbonyl (C=O) groups excluding carboxylic acids is 1. The number of alkyl halides is 1. The molecule has 0 N–H and O–H groups in total. The maximum atomic E-state index is 11.4. The highest BCUT2D eigenvalue weighted by Crippen LogP contribution is 2.39. The molecule has 0 spiro atoms. The van der Waals surface area contributed by atoms with E-state index in [9.17, 15) is 13.2 Å². The molecule has 3 nitrogen and oxygen atoms in total. The molecular formula is C7H11BrO3S. The second kappa shape index (κ2) is 2.80.